The van der Waals surface area contributed by atoms with Crippen LogP contribution in [0.5, 0.6) is 0 Å². The number of hydrogen-bond donors (Lipinski definition) is 3. The van der Waals surface area contributed by atoms with Gasteiger partial charge in [0.05, 0.1) is 10.6 Å². The number of amides is 2. The molecule has 0 fully saturated rings. The number of sulfone groups is 1. The van der Waals surface area contributed by atoms with E-state index in [0.29, 0.717) is 0 Å². The first-order valence-corrected chi connectivity index (χ1v) is 13.2. The van der Waals surface area contributed by atoms with Crippen LogP contribution in [-0.4, -0.2) is 49.3 Å². The van der Waals surface area contributed by atoms with Crippen LogP contribution in [0.25, 0.3) is 0 Å². The van der Waals surface area contributed by atoms with Crippen molar-refractivity contribution in [2.75, 3.05) is 5.75 Å². The van der Waals surface area contributed by atoms with Crippen LogP contribution >= 0.6 is 0 Å². The fraction of sp³-hybridized carbons (Fsp3) is 0.222. The van der Waals surface area contributed by atoms with Crippen LogP contribution in [0.3, 0.4) is 0 Å². The molecule has 3 N–H and O–H groups in total. The Hall–Kier alpha value is -4.18. The van der Waals surface area contributed by atoms with Gasteiger partial charge in [-0.15, -0.1) is 0 Å². The second-order valence-electron chi connectivity index (χ2n) is 8.27. The zero-order chi connectivity index (χ0) is 26.7. The van der Waals surface area contributed by atoms with Crippen LogP contribution in [0.4, 0.5) is 4.79 Å². The van der Waals surface area contributed by atoms with Gasteiger partial charge >= 0.3 is 12.1 Å². The van der Waals surface area contributed by atoms with E-state index < -0.39 is 45.6 Å². The molecule has 0 heterocycles. The maximum Gasteiger partial charge on any atom is 0.408 e. The van der Waals surface area contributed by atoms with E-state index in [-0.39, 0.29) is 24.3 Å². The molecular weight excluding hydrogens is 496 g/mol. The minimum atomic E-state index is -3.75. The highest BCUT2D eigenvalue weighted by molar-refractivity contribution is 7.91. The smallest absolute Gasteiger partial charge is 0.408 e. The molecular formula is C27H28N2O7S. The lowest BCUT2D eigenvalue weighted by Crippen LogP contribution is -2.52. The molecule has 0 aliphatic heterocycles. The zero-order valence-electron chi connectivity index (χ0n) is 19.9. The van der Waals surface area contributed by atoms with Crippen LogP contribution in [0.1, 0.15) is 17.5 Å². The van der Waals surface area contributed by atoms with Crippen LogP contribution in [-0.2, 0) is 37.2 Å². The fourth-order valence-corrected chi connectivity index (χ4v) is 4.87. The average molecular weight is 525 g/mol. The van der Waals surface area contributed by atoms with Crippen LogP contribution in [0.15, 0.2) is 95.9 Å². The number of nitrogens with one attached hydrogen (secondary N) is 2. The molecule has 37 heavy (non-hydrogen) atoms. The molecule has 0 bridgehead atoms. The van der Waals surface area contributed by atoms with Gasteiger partial charge in [0.15, 0.2) is 9.84 Å². The Kier molecular flexibility index (Phi) is 9.79. The summed E-state index contributed by atoms with van der Waals surface area (Å²) in [6, 6.07) is 22.9. The second kappa shape index (κ2) is 13.2. The topological polar surface area (TPSA) is 139 Å². The van der Waals surface area contributed by atoms with Crippen molar-refractivity contribution in [3.05, 3.63) is 102 Å². The van der Waals surface area contributed by atoms with Crippen molar-refractivity contribution in [1.29, 1.82) is 0 Å². The number of rotatable bonds is 12. The molecule has 2 amide bonds. The highest BCUT2D eigenvalue weighted by atomic mass is 32.2. The Morgan fingerprint density at radius 3 is 1.86 bits per heavy atom. The highest BCUT2D eigenvalue weighted by Gasteiger charge is 2.29. The van der Waals surface area contributed by atoms with Crippen molar-refractivity contribution < 1.29 is 32.6 Å². The van der Waals surface area contributed by atoms with Gasteiger partial charge in [-0.25, -0.2) is 18.0 Å². The van der Waals surface area contributed by atoms with Gasteiger partial charge in [-0.2, -0.15) is 0 Å². The van der Waals surface area contributed by atoms with Crippen molar-refractivity contribution in [2.24, 2.45) is 0 Å². The Labute approximate surface area is 215 Å². The molecule has 0 saturated carbocycles. The number of carboxylic acids is 1. The first kappa shape index (κ1) is 27.4. The predicted molar refractivity (Wildman–Crippen MR) is 136 cm³/mol. The quantitative estimate of drug-likeness (QED) is 0.331. The third-order valence-corrected chi connectivity index (χ3v) is 7.26. The molecule has 2 atom stereocenters. The van der Waals surface area contributed by atoms with E-state index in [0.717, 1.165) is 11.1 Å². The number of carboxylic acid groups (broad SMARTS) is 1. The first-order valence-electron chi connectivity index (χ1n) is 11.6. The number of carbonyl (C=O) groups is 3. The van der Waals surface area contributed by atoms with E-state index in [2.05, 4.69) is 10.6 Å². The summed E-state index contributed by atoms with van der Waals surface area (Å²) in [6.07, 6.45) is -1.13. The standard InChI is InChI=1S/C27H28N2O7S/c30-25(28-23(26(31)32)16-17-37(34,35)22-14-8-3-9-15-22)24(18-20-10-4-1-5-11-20)29-27(33)36-19-21-12-6-2-7-13-21/h1-15,23-24H,16-19H2,(H,28,30)(H,29,33)(H,31,32)/t23-,24+/m0/s1. The van der Waals surface area contributed by atoms with E-state index in [9.17, 15) is 27.9 Å². The molecule has 3 rings (SSSR count). The molecule has 0 unspecified atom stereocenters. The van der Waals surface area contributed by atoms with Gasteiger partial charge in [-0.1, -0.05) is 78.9 Å². The lowest BCUT2D eigenvalue weighted by Gasteiger charge is -2.21. The highest BCUT2D eigenvalue weighted by Crippen LogP contribution is 2.13. The summed E-state index contributed by atoms with van der Waals surface area (Å²) >= 11 is 0. The van der Waals surface area contributed by atoms with E-state index >= 15 is 0 Å². The van der Waals surface area contributed by atoms with Crippen LogP contribution in [0, 0.1) is 0 Å². The lowest BCUT2D eigenvalue weighted by molar-refractivity contribution is -0.142. The van der Waals surface area contributed by atoms with Gasteiger partial charge in [0.25, 0.3) is 0 Å². The van der Waals surface area contributed by atoms with Gasteiger partial charge in [0.1, 0.15) is 18.7 Å². The summed E-state index contributed by atoms with van der Waals surface area (Å²) in [5.74, 6) is -2.64. The van der Waals surface area contributed by atoms with Crippen molar-refractivity contribution >= 4 is 27.8 Å². The Morgan fingerprint density at radius 2 is 1.30 bits per heavy atom. The molecule has 10 heteroatoms. The summed E-state index contributed by atoms with van der Waals surface area (Å²) in [4.78, 5) is 37.4. The van der Waals surface area contributed by atoms with Crippen LogP contribution in [0.2, 0.25) is 0 Å². The van der Waals surface area contributed by atoms with Gasteiger partial charge in [0, 0.05) is 6.42 Å². The maximum atomic E-state index is 13.1. The number of benzene rings is 3. The largest absolute Gasteiger partial charge is 0.480 e. The summed E-state index contributed by atoms with van der Waals surface area (Å²) in [7, 11) is -3.75. The van der Waals surface area contributed by atoms with E-state index in [1.54, 1.807) is 72.8 Å². The van der Waals surface area contributed by atoms with Gasteiger partial charge in [-0.3, -0.25) is 4.79 Å². The molecule has 194 valence electrons. The summed E-state index contributed by atoms with van der Waals surface area (Å²) < 4.78 is 30.4. The average Bonchev–Trinajstić information content (AvgIpc) is 2.91. The minimum absolute atomic E-state index is 0.0125. The molecule has 0 saturated heterocycles. The van der Waals surface area contributed by atoms with E-state index in [4.69, 9.17) is 4.74 Å². The van der Waals surface area contributed by atoms with Crippen molar-refractivity contribution in [3.63, 3.8) is 0 Å². The second-order valence-corrected chi connectivity index (χ2v) is 10.4. The van der Waals surface area contributed by atoms with Crippen molar-refractivity contribution in [2.45, 2.75) is 36.4 Å². The fourth-order valence-electron chi connectivity index (χ4n) is 3.51. The maximum absolute atomic E-state index is 13.1. The molecule has 9 nitrogen and oxygen atoms in total. The van der Waals surface area contributed by atoms with Crippen LogP contribution < -0.4 is 10.6 Å². The third kappa shape index (κ3) is 8.76. The third-order valence-electron chi connectivity index (χ3n) is 5.50. The molecule has 0 aromatic heterocycles. The SMILES string of the molecule is O=C(N[C@H](Cc1ccccc1)C(=O)N[C@@H](CCS(=O)(=O)c1ccccc1)C(=O)O)OCc1ccccc1. The Bertz CT molecular complexity index is 1280. The van der Waals surface area contributed by atoms with Gasteiger partial charge in [-0.05, 0) is 29.7 Å². The number of hydrogen-bond acceptors (Lipinski definition) is 6. The molecule has 0 radical (unpaired) electrons. The summed E-state index contributed by atoms with van der Waals surface area (Å²) in [5.41, 5.74) is 1.48. The first-order chi connectivity index (χ1) is 17.7. The van der Waals surface area contributed by atoms with Crippen molar-refractivity contribution in [3.8, 4) is 0 Å². The zero-order valence-corrected chi connectivity index (χ0v) is 20.8. The molecule has 0 spiro atoms. The normalized spacial score (nSPS) is 12.6. The Morgan fingerprint density at radius 1 is 0.757 bits per heavy atom. The number of carbonyl (C=O) groups excluding carboxylic acids is 2. The predicted octanol–water partition coefficient (Wildman–Crippen LogP) is 2.96. The monoisotopic (exact) mass is 524 g/mol. The number of aliphatic carboxylic acids is 1. The van der Waals surface area contributed by atoms with Crippen molar-refractivity contribution in [1.82, 2.24) is 10.6 Å². The van der Waals surface area contributed by atoms with E-state index in [1.807, 2.05) is 6.07 Å². The Balaban J connectivity index is 1.67. The van der Waals surface area contributed by atoms with Gasteiger partial charge in [0.2, 0.25) is 5.91 Å². The van der Waals surface area contributed by atoms with E-state index in [1.165, 1.54) is 12.1 Å². The van der Waals surface area contributed by atoms with Gasteiger partial charge < -0.3 is 20.5 Å². The molecule has 3 aromatic rings. The number of ether oxygens (including phenoxy) is 1. The molecule has 3 aromatic carbocycles. The molecule has 0 aliphatic carbocycles. The summed E-state index contributed by atoms with van der Waals surface area (Å²) in [6.45, 7) is -0.0125. The lowest BCUT2D eigenvalue weighted by atomic mass is 10.0. The number of alkyl carbamates (subject to hydrolysis) is 1. The molecule has 0 aliphatic rings. The minimum Gasteiger partial charge on any atom is -0.480 e. The summed E-state index contributed by atoms with van der Waals surface area (Å²) in [5, 5.41) is 14.5.